The lowest BCUT2D eigenvalue weighted by atomic mass is 10.1. The van der Waals surface area contributed by atoms with E-state index >= 15 is 0 Å². The molecule has 0 bridgehead atoms. The SMILES string of the molecule is CCOc1c(CN[C@H](C)CCc2ccccc2)cc(Br)cc1OC. The molecule has 0 fully saturated rings. The van der Waals surface area contributed by atoms with Gasteiger partial charge in [-0.15, -0.1) is 0 Å². The van der Waals surface area contributed by atoms with E-state index in [1.165, 1.54) is 5.56 Å². The Kier molecular flexibility index (Phi) is 7.60. The normalized spacial score (nSPS) is 12.0. The fraction of sp³-hybridized carbons (Fsp3) is 0.400. The molecule has 4 heteroatoms. The summed E-state index contributed by atoms with van der Waals surface area (Å²) in [5.41, 5.74) is 2.49. The maximum atomic E-state index is 5.79. The summed E-state index contributed by atoms with van der Waals surface area (Å²) >= 11 is 3.54. The molecule has 2 aromatic rings. The van der Waals surface area contributed by atoms with Crippen LogP contribution < -0.4 is 14.8 Å². The van der Waals surface area contributed by atoms with Crippen molar-refractivity contribution in [2.45, 2.75) is 39.3 Å². The minimum absolute atomic E-state index is 0.421. The first-order valence-corrected chi connectivity index (χ1v) is 9.19. The van der Waals surface area contributed by atoms with Crippen molar-refractivity contribution in [2.24, 2.45) is 0 Å². The third kappa shape index (κ3) is 5.53. The molecule has 0 heterocycles. The van der Waals surface area contributed by atoms with Crippen molar-refractivity contribution in [3.8, 4) is 11.5 Å². The van der Waals surface area contributed by atoms with E-state index < -0.39 is 0 Å². The molecular formula is C20H26BrNO2. The number of hydrogen-bond donors (Lipinski definition) is 1. The van der Waals surface area contributed by atoms with Crippen LogP contribution in [-0.4, -0.2) is 19.8 Å². The number of aryl methyl sites for hydroxylation is 1. The molecule has 0 amide bonds. The number of rotatable bonds is 9. The lowest BCUT2D eigenvalue weighted by Gasteiger charge is -2.18. The summed E-state index contributed by atoms with van der Waals surface area (Å²) < 4.78 is 12.2. The van der Waals surface area contributed by atoms with Gasteiger partial charge in [-0.05, 0) is 44.4 Å². The number of hydrogen-bond acceptors (Lipinski definition) is 3. The van der Waals surface area contributed by atoms with Crippen LogP contribution in [0.4, 0.5) is 0 Å². The van der Waals surface area contributed by atoms with Crippen LogP contribution in [0.2, 0.25) is 0 Å². The van der Waals surface area contributed by atoms with E-state index in [0.717, 1.165) is 40.9 Å². The minimum atomic E-state index is 0.421. The lowest BCUT2D eigenvalue weighted by molar-refractivity contribution is 0.306. The predicted octanol–water partition coefficient (Wildman–Crippen LogP) is 4.97. The third-order valence-corrected chi connectivity index (χ3v) is 4.41. The summed E-state index contributed by atoms with van der Waals surface area (Å²) in [5, 5.41) is 3.59. The first kappa shape index (κ1) is 18.8. The van der Waals surface area contributed by atoms with Gasteiger partial charge in [0.15, 0.2) is 11.5 Å². The van der Waals surface area contributed by atoms with Gasteiger partial charge in [-0.3, -0.25) is 0 Å². The van der Waals surface area contributed by atoms with Gasteiger partial charge in [-0.25, -0.2) is 0 Å². The number of methoxy groups -OCH3 is 1. The summed E-state index contributed by atoms with van der Waals surface area (Å²) in [6.45, 7) is 5.58. The van der Waals surface area contributed by atoms with E-state index in [0.29, 0.717) is 12.6 Å². The quantitative estimate of drug-likeness (QED) is 0.654. The van der Waals surface area contributed by atoms with Crippen LogP contribution in [-0.2, 0) is 13.0 Å². The van der Waals surface area contributed by atoms with Gasteiger partial charge in [0, 0.05) is 22.6 Å². The topological polar surface area (TPSA) is 30.5 Å². The molecule has 2 rings (SSSR count). The molecule has 0 aliphatic rings. The Hall–Kier alpha value is -1.52. The van der Waals surface area contributed by atoms with E-state index in [2.05, 4.69) is 64.6 Å². The van der Waals surface area contributed by atoms with E-state index in [4.69, 9.17) is 9.47 Å². The summed E-state index contributed by atoms with van der Waals surface area (Å²) in [6, 6.07) is 15.0. The summed E-state index contributed by atoms with van der Waals surface area (Å²) in [7, 11) is 1.67. The van der Waals surface area contributed by atoms with Gasteiger partial charge in [0.1, 0.15) is 0 Å². The van der Waals surface area contributed by atoms with Crippen molar-refractivity contribution < 1.29 is 9.47 Å². The average molecular weight is 392 g/mol. The van der Waals surface area contributed by atoms with Crippen molar-refractivity contribution in [2.75, 3.05) is 13.7 Å². The highest BCUT2D eigenvalue weighted by Gasteiger charge is 2.13. The van der Waals surface area contributed by atoms with Gasteiger partial charge in [0.05, 0.1) is 13.7 Å². The van der Waals surface area contributed by atoms with E-state index in [1.807, 2.05) is 13.0 Å². The number of nitrogens with one attached hydrogen (secondary N) is 1. The molecule has 0 unspecified atom stereocenters. The molecule has 0 radical (unpaired) electrons. The fourth-order valence-electron chi connectivity index (χ4n) is 2.63. The van der Waals surface area contributed by atoms with Crippen LogP contribution in [0.15, 0.2) is 46.9 Å². The Balaban J connectivity index is 1.96. The second kappa shape index (κ2) is 9.70. The smallest absolute Gasteiger partial charge is 0.165 e. The third-order valence-electron chi connectivity index (χ3n) is 3.95. The van der Waals surface area contributed by atoms with Crippen LogP contribution in [0.1, 0.15) is 31.4 Å². The molecule has 0 saturated carbocycles. The average Bonchev–Trinajstić information content (AvgIpc) is 2.60. The molecule has 0 spiro atoms. The van der Waals surface area contributed by atoms with E-state index in [-0.39, 0.29) is 0 Å². The molecule has 0 aliphatic carbocycles. The number of ether oxygens (including phenoxy) is 2. The molecule has 0 aliphatic heterocycles. The van der Waals surface area contributed by atoms with Gasteiger partial charge >= 0.3 is 0 Å². The molecule has 130 valence electrons. The van der Waals surface area contributed by atoms with Crippen molar-refractivity contribution in [1.29, 1.82) is 0 Å². The highest BCUT2D eigenvalue weighted by Crippen LogP contribution is 2.35. The first-order valence-electron chi connectivity index (χ1n) is 8.40. The first-order chi connectivity index (χ1) is 11.6. The number of benzene rings is 2. The standard InChI is InChI=1S/C20H26BrNO2/c1-4-24-20-17(12-18(21)13-19(20)23-3)14-22-15(2)10-11-16-8-6-5-7-9-16/h5-9,12-13,15,22H,4,10-11,14H2,1-3H3/t15-/m1/s1. The monoisotopic (exact) mass is 391 g/mol. The molecule has 24 heavy (non-hydrogen) atoms. The van der Waals surface area contributed by atoms with Crippen LogP contribution >= 0.6 is 15.9 Å². The van der Waals surface area contributed by atoms with Crippen LogP contribution in [0.25, 0.3) is 0 Å². The zero-order valence-electron chi connectivity index (χ0n) is 14.6. The minimum Gasteiger partial charge on any atom is -0.493 e. The Bertz CT molecular complexity index is 631. The van der Waals surface area contributed by atoms with Gasteiger partial charge in [0.25, 0.3) is 0 Å². The Morgan fingerprint density at radius 2 is 1.92 bits per heavy atom. The Morgan fingerprint density at radius 3 is 2.58 bits per heavy atom. The molecule has 2 aromatic carbocycles. The van der Waals surface area contributed by atoms with Crippen molar-refractivity contribution >= 4 is 15.9 Å². The molecule has 1 N–H and O–H groups in total. The largest absolute Gasteiger partial charge is 0.493 e. The zero-order chi connectivity index (χ0) is 17.4. The lowest BCUT2D eigenvalue weighted by Crippen LogP contribution is -2.26. The molecule has 0 aromatic heterocycles. The molecule has 3 nitrogen and oxygen atoms in total. The Morgan fingerprint density at radius 1 is 1.17 bits per heavy atom. The van der Waals surface area contributed by atoms with Crippen LogP contribution in [0, 0.1) is 0 Å². The molecule has 0 saturated heterocycles. The summed E-state index contributed by atoms with van der Waals surface area (Å²) in [5.74, 6) is 1.59. The predicted molar refractivity (Wildman–Crippen MR) is 103 cm³/mol. The van der Waals surface area contributed by atoms with Gasteiger partial charge in [0.2, 0.25) is 0 Å². The Labute approximate surface area is 153 Å². The highest BCUT2D eigenvalue weighted by atomic mass is 79.9. The summed E-state index contributed by atoms with van der Waals surface area (Å²) in [4.78, 5) is 0. The van der Waals surface area contributed by atoms with Gasteiger partial charge in [-0.1, -0.05) is 46.3 Å². The maximum Gasteiger partial charge on any atom is 0.165 e. The highest BCUT2D eigenvalue weighted by molar-refractivity contribution is 9.10. The van der Waals surface area contributed by atoms with Crippen LogP contribution in [0.5, 0.6) is 11.5 Å². The van der Waals surface area contributed by atoms with Gasteiger partial charge in [-0.2, -0.15) is 0 Å². The summed E-state index contributed by atoms with van der Waals surface area (Å²) in [6.07, 6.45) is 2.17. The molecular weight excluding hydrogens is 366 g/mol. The van der Waals surface area contributed by atoms with Gasteiger partial charge < -0.3 is 14.8 Å². The fourth-order valence-corrected chi connectivity index (χ4v) is 3.11. The van der Waals surface area contributed by atoms with Crippen molar-refractivity contribution in [3.05, 3.63) is 58.1 Å². The number of halogens is 1. The van der Waals surface area contributed by atoms with E-state index in [9.17, 15) is 0 Å². The second-order valence-corrected chi connectivity index (χ2v) is 6.75. The maximum absolute atomic E-state index is 5.79. The van der Waals surface area contributed by atoms with E-state index in [1.54, 1.807) is 7.11 Å². The second-order valence-electron chi connectivity index (χ2n) is 5.84. The molecule has 1 atom stereocenters. The van der Waals surface area contributed by atoms with Crippen LogP contribution in [0.3, 0.4) is 0 Å². The van der Waals surface area contributed by atoms with Crippen molar-refractivity contribution in [1.82, 2.24) is 5.32 Å². The zero-order valence-corrected chi connectivity index (χ0v) is 16.2. The van der Waals surface area contributed by atoms with Crippen molar-refractivity contribution in [3.63, 3.8) is 0 Å².